The monoisotopic (exact) mass is 292 g/mol. The van der Waals surface area contributed by atoms with Gasteiger partial charge in [-0.3, -0.25) is 5.43 Å². The van der Waals surface area contributed by atoms with Crippen LogP contribution in [0.2, 0.25) is 5.02 Å². The summed E-state index contributed by atoms with van der Waals surface area (Å²) >= 11 is 6.20. The molecule has 5 heteroatoms. The molecule has 0 fully saturated rings. The Balaban J connectivity index is 2.17. The van der Waals surface area contributed by atoms with Gasteiger partial charge in [-0.1, -0.05) is 35.9 Å². The molecule has 2 rings (SSSR count). The lowest BCUT2D eigenvalue weighted by atomic mass is 10.1. The largest absolute Gasteiger partial charge is 0.443 e. The molecule has 106 valence electrons. The Bertz CT molecular complexity index is 630. The summed E-state index contributed by atoms with van der Waals surface area (Å²) in [7, 11) is 0. The van der Waals surface area contributed by atoms with Crippen LogP contribution >= 0.6 is 11.6 Å². The van der Waals surface area contributed by atoms with Crippen LogP contribution in [-0.4, -0.2) is 11.7 Å². The number of fused-ring (bicyclic) bond motifs is 1. The SMILES string of the molecule is CC(C)(C)OC(=O)NNc1cccc2cccc(Cl)c12. The average Bonchev–Trinajstić information content (AvgIpc) is 2.34. The molecule has 20 heavy (non-hydrogen) atoms. The number of amides is 1. The summed E-state index contributed by atoms with van der Waals surface area (Å²) in [6.45, 7) is 5.42. The summed E-state index contributed by atoms with van der Waals surface area (Å²) in [6, 6.07) is 11.3. The Hall–Kier alpha value is -1.94. The maximum absolute atomic E-state index is 11.6. The molecule has 0 aliphatic carbocycles. The topological polar surface area (TPSA) is 50.4 Å². The summed E-state index contributed by atoms with van der Waals surface area (Å²) < 4.78 is 5.16. The normalized spacial score (nSPS) is 11.2. The van der Waals surface area contributed by atoms with E-state index in [1.54, 1.807) is 20.8 Å². The van der Waals surface area contributed by atoms with Gasteiger partial charge >= 0.3 is 6.09 Å². The third-order valence-electron chi connectivity index (χ3n) is 2.55. The van der Waals surface area contributed by atoms with Gasteiger partial charge in [0.15, 0.2) is 0 Å². The highest BCUT2D eigenvalue weighted by atomic mass is 35.5. The smallest absolute Gasteiger partial charge is 0.426 e. The van der Waals surface area contributed by atoms with Crippen molar-refractivity contribution in [3.8, 4) is 0 Å². The molecule has 0 bridgehead atoms. The van der Waals surface area contributed by atoms with Crippen molar-refractivity contribution in [1.29, 1.82) is 0 Å². The van der Waals surface area contributed by atoms with Crippen molar-refractivity contribution in [1.82, 2.24) is 5.43 Å². The molecule has 0 aliphatic rings. The highest BCUT2D eigenvalue weighted by Crippen LogP contribution is 2.29. The van der Waals surface area contributed by atoms with E-state index < -0.39 is 11.7 Å². The summed E-state index contributed by atoms with van der Waals surface area (Å²) in [5.41, 5.74) is 5.53. The zero-order valence-electron chi connectivity index (χ0n) is 11.7. The molecule has 0 spiro atoms. The third kappa shape index (κ3) is 3.54. The number of halogens is 1. The van der Waals surface area contributed by atoms with Crippen LogP contribution < -0.4 is 10.9 Å². The Morgan fingerprint density at radius 3 is 2.45 bits per heavy atom. The van der Waals surface area contributed by atoms with Crippen LogP contribution in [0.25, 0.3) is 10.8 Å². The summed E-state index contributed by atoms with van der Waals surface area (Å²) in [5.74, 6) is 0. The number of anilines is 1. The van der Waals surface area contributed by atoms with Crippen LogP contribution in [0.1, 0.15) is 20.8 Å². The second-order valence-corrected chi connectivity index (χ2v) is 5.80. The van der Waals surface area contributed by atoms with Crippen molar-refractivity contribution in [3.63, 3.8) is 0 Å². The quantitative estimate of drug-likeness (QED) is 0.809. The van der Waals surface area contributed by atoms with Crippen LogP contribution in [0.15, 0.2) is 36.4 Å². The van der Waals surface area contributed by atoms with Gasteiger partial charge in [0.2, 0.25) is 0 Å². The molecule has 0 saturated heterocycles. The predicted molar refractivity (Wildman–Crippen MR) is 82.0 cm³/mol. The molecule has 4 nitrogen and oxygen atoms in total. The number of hydrazine groups is 1. The molecule has 1 amide bonds. The molecular weight excluding hydrogens is 276 g/mol. The second kappa shape index (κ2) is 5.59. The number of nitrogens with one attached hydrogen (secondary N) is 2. The van der Waals surface area contributed by atoms with Crippen LogP contribution in [0.3, 0.4) is 0 Å². The van der Waals surface area contributed by atoms with Crippen LogP contribution in [0.5, 0.6) is 0 Å². The van der Waals surface area contributed by atoms with Crippen molar-refractivity contribution in [2.75, 3.05) is 5.43 Å². The number of hydrogen-bond donors (Lipinski definition) is 2. The van der Waals surface area contributed by atoms with Gasteiger partial charge in [-0.15, -0.1) is 0 Å². The molecule has 0 radical (unpaired) electrons. The highest BCUT2D eigenvalue weighted by Gasteiger charge is 2.16. The summed E-state index contributed by atoms with van der Waals surface area (Å²) in [6.07, 6.45) is -0.540. The van der Waals surface area contributed by atoms with Crippen molar-refractivity contribution in [2.45, 2.75) is 26.4 Å². The van der Waals surface area contributed by atoms with Gasteiger partial charge in [-0.25, -0.2) is 10.2 Å². The number of carbonyl (C=O) groups excluding carboxylic acids is 1. The van der Waals surface area contributed by atoms with E-state index in [0.717, 1.165) is 16.5 Å². The van der Waals surface area contributed by atoms with Crippen LogP contribution in [-0.2, 0) is 4.74 Å². The molecule has 0 saturated carbocycles. The fraction of sp³-hybridized carbons (Fsp3) is 0.267. The molecule has 0 atom stereocenters. The van der Waals surface area contributed by atoms with E-state index in [-0.39, 0.29) is 0 Å². The van der Waals surface area contributed by atoms with Crippen molar-refractivity contribution < 1.29 is 9.53 Å². The Kier molecular flexibility index (Phi) is 4.04. The first kappa shape index (κ1) is 14.5. The van der Waals surface area contributed by atoms with Crippen LogP contribution in [0.4, 0.5) is 10.5 Å². The number of rotatable bonds is 2. The lowest BCUT2D eigenvalue weighted by molar-refractivity contribution is 0.0541. The molecular formula is C15H17ClN2O2. The first-order valence-electron chi connectivity index (χ1n) is 6.29. The Morgan fingerprint density at radius 1 is 1.15 bits per heavy atom. The lowest BCUT2D eigenvalue weighted by Gasteiger charge is -2.20. The number of carbonyl (C=O) groups is 1. The summed E-state index contributed by atoms with van der Waals surface area (Å²) in [5, 5.41) is 2.47. The van der Waals surface area contributed by atoms with Gasteiger partial charge in [0.05, 0.1) is 10.7 Å². The molecule has 0 heterocycles. The zero-order valence-corrected chi connectivity index (χ0v) is 12.4. The van der Waals surface area contributed by atoms with Gasteiger partial charge in [0.25, 0.3) is 0 Å². The third-order valence-corrected chi connectivity index (χ3v) is 2.87. The molecule has 0 aromatic heterocycles. The first-order chi connectivity index (χ1) is 9.37. The van der Waals surface area contributed by atoms with E-state index in [9.17, 15) is 4.79 Å². The fourth-order valence-corrected chi connectivity index (χ4v) is 2.10. The lowest BCUT2D eigenvalue weighted by Crippen LogP contribution is -2.35. The van der Waals surface area contributed by atoms with E-state index in [0.29, 0.717) is 5.02 Å². The van der Waals surface area contributed by atoms with Crippen molar-refractivity contribution in [2.24, 2.45) is 0 Å². The predicted octanol–water partition coefficient (Wildman–Crippen LogP) is 4.34. The summed E-state index contributed by atoms with van der Waals surface area (Å²) in [4.78, 5) is 11.6. The van der Waals surface area contributed by atoms with Gasteiger partial charge in [-0.2, -0.15) is 0 Å². The zero-order chi connectivity index (χ0) is 14.8. The maximum atomic E-state index is 11.6. The molecule has 2 aromatic rings. The van der Waals surface area contributed by atoms with Gasteiger partial charge in [0.1, 0.15) is 5.60 Å². The Labute approximate surface area is 123 Å². The Morgan fingerprint density at radius 2 is 1.80 bits per heavy atom. The minimum absolute atomic E-state index is 0.540. The van der Waals surface area contributed by atoms with Crippen molar-refractivity contribution in [3.05, 3.63) is 41.4 Å². The van der Waals surface area contributed by atoms with Gasteiger partial charge in [0, 0.05) is 5.39 Å². The minimum atomic E-state index is -0.540. The van der Waals surface area contributed by atoms with Gasteiger partial charge in [-0.05, 0) is 38.3 Å². The molecule has 2 N–H and O–H groups in total. The van der Waals surface area contributed by atoms with Crippen LogP contribution in [0, 0.1) is 0 Å². The van der Waals surface area contributed by atoms with Gasteiger partial charge < -0.3 is 4.74 Å². The molecule has 0 aliphatic heterocycles. The van der Waals surface area contributed by atoms with E-state index in [2.05, 4.69) is 10.9 Å². The number of ether oxygens (including phenoxy) is 1. The average molecular weight is 293 g/mol. The minimum Gasteiger partial charge on any atom is -0.443 e. The molecule has 0 unspecified atom stereocenters. The number of hydrogen-bond acceptors (Lipinski definition) is 3. The highest BCUT2D eigenvalue weighted by molar-refractivity contribution is 6.36. The standard InChI is InChI=1S/C15H17ClN2O2/c1-15(2,3)20-14(19)18-17-12-9-5-7-10-6-4-8-11(16)13(10)12/h4-9,17H,1-3H3,(H,18,19). The van der Waals surface area contributed by atoms with Crippen molar-refractivity contribution >= 4 is 34.2 Å². The van der Waals surface area contributed by atoms with E-state index in [4.69, 9.17) is 16.3 Å². The fourth-order valence-electron chi connectivity index (χ4n) is 1.82. The van der Waals surface area contributed by atoms with E-state index >= 15 is 0 Å². The maximum Gasteiger partial charge on any atom is 0.426 e. The van der Waals surface area contributed by atoms with E-state index in [1.807, 2.05) is 36.4 Å². The first-order valence-corrected chi connectivity index (χ1v) is 6.67. The second-order valence-electron chi connectivity index (χ2n) is 5.40. The number of benzene rings is 2. The molecule has 2 aromatic carbocycles. The van der Waals surface area contributed by atoms with E-state index in [1.165, 1.54) is 0 Å².